The zero-order valence-corrected chi connectivity index (χ0v) is 9.55. The minimum atomic E-state index is -2.19. The Hall–Kier alpha value is -0.325. The van der Waals surface area contributed by atoms with Gasteiger partial charge in [-0.2, -0.15) is 0 Å². The van der Waals surface area contributed by atoms with Gasteiger partial charge in [0.05, 0.1) is 5.50 Å². The number of carbonyl (C=O) groups is 1. The quantitative estimate of drug-likeness (QED) is 0.424. The Morgan fingerprint density at radius 2 is 1.79 bits per heavy atom. The molecular weight excluding hydrogens is 201 g/mol. The van der Waals surface area contributed by atoms with Gasteiger partial charge in [-0.05, 0) is 11.7 Å². The minimum Gasteiger partial charge on any atom is -0.480 e. The zero-order valence-electron chi connectivity index (χ0n) is 8.74. The summed E-state index contributed by atoms with van der Waals surface area (Å²) in [6.07, 6.45) is 1.79. The van der Waals surface area contributed by atoms with Gasteiger partial charge >= 0.3 is 5.97 Å². The fourth-order valence-corrected chi connectivity index (χ4v) is 1.47. The number of aliphatic hydroxyl groups is 2. The molecule has 76 valence electrons. The second-order valence-corrected chi connectivity index (χ2v) is 4.19. The van der Waals surface area contributed by atoms with Crippen LogP contribution in [0.25, 0.3) is 0 Å². The van der Waals surface area contributed by atoms with Crippen molar-refractivity contribution >= 4 is 41.3 Å². The first-order valence-electron chi connectivity index (χ1n) is 4.06. The van der Waals surface area contributed by atoms with Crippen LogP contribution in [0.15, 0.2) is 10.9 Å². The van der Waals surface area contributed by atoms with Gasteiger partial charge < -0.3 is 15.3 Å². The smallest absolute Gasteiger partial charge is 0.328 e. The van der Waals surface area contributed by atoms with E-state index in [2.05, 4.69) is 0 Å². The molecule has 0 aliphatic heterocycles. The molecule has 0 heterocycles. The van der Waals surface area contributed by atoms with E-state index in [1.807, 2.05) is 0 Å². The predicted molar refractivity (Wildman–Crippen MR) is 64.8 cm³/mol. The molecule has 0 aromatic heterocycles. The summed E-state index contributed by atoms with van der Waals surface area (Å²) < 4.78 is 0. The van der Waals surface area contributed by atoms with Crippen LogP contribution in [0.2, 0.25) is 0 Å². The van der Waals surface area contributed by atoms with Crippen molar-refractivity contribution in [1.82, 2.24) is 0 Å². The first-order chi connectivity index (χ1) is 6.17. The van der Waals surface area contributed by atoms with E-state index in [1.54, 1.807) is 19.5 Å². The van der Waals surface area contributed by atoms with Gasteiger partial charge in [0.2, 0.25) is 0 Å². The largest absolute Gasteiger partial charge is 0.480 e. The Kier molecular flexibility index (Phi) is 4.36. The number of carboxylic acids is 1. The summed E-state index contributed by atoms with van der Waals surface area (Å²) in [6.45, 7) is 0. The summed E-state index contributed by atoms with van der Waals surface area (Å²) >= 11 is 1.34. The summed E-state index contributed by atoms with van der Waals surface area (Å²) in [5.41, 5.74) is -3.55. The molecule has 0 rings (SSSR count). The molecule has 0 saturated carbocycles. The van der Waals surface area contributed by atoms with Crippen LogP contribution in [0, 0.1) is 0 Å². The van der Waals surface area contributed by atoms with Crippen molar-refractivity contribution in [1.29, 1.82) is 0 Å². The molecule has 0 spiro atoms. The minimum absolute atomic E-state index is 0.414. The van der Waals surface area contributed by atoms with Crippen molar-refractivity contribution in [3.8, 4) is 0 Å². The molecule has 0 saturated heterocycles. The highest BCUT2D eigenvalue weighted by atomic mass is 32.2. The van der Waals surface area contributed by atoms with Gasteiger partial charge in [0.15, 0.2) is 15.7 Å². The van der Waals surface area contributed by atoms with E-state index in [4.69, 9.17) is 5.11 Å². The van der Waals surface area contributed by atoms with E-state index in [9.17, 15) is 15.0 Å². The topological polar surface area (TPSA) is 77.8 Å². The fourth-order valence-electron chi connectivity index (χ4n) is 0.884. The lowest BCUT2D eigenvalue weighted by Crippen LogP contribution is -2.61. The first-order valence-corrected chi connectivity index (χ1v) is 5.35. The van der Waals surface area contributed by atoms with E-state index >= 15 is 0 Å². The number of aliphatic carboxylic acids is 1. The molecule has 0 aromatic rings. The van der Waals surface area contributed by atoms with Crippen molar-refractivity contribution in [3.05, 3.63) is 10.9 Å². The molecule has 2 unspecified atom stereocenters. The van der Waals surface area contributed by atoms with Crippen LogP contribution in [0.3, 0.4) is 0 Å². The van der Waals surface area contributed by atoms with E-state index in [0.29, 0.717) is 5.47 Å². The number of carboxylic acid groups (broad SMARTS) is 1. The van der Waals surface area contributed by atoms with E-state index in [-0.39, 0.29) is 0 Å². The lowest BCUT2D eigenvalue weighted by Gasteiger charge is -2.36. The summed E-state index contributed by atoms with van der Waals surface area (Å²) in [5.74, 6) is -1.45. The van der Waals surface area contributed by atoms with Crippen LogP contribution in [-0.2, 0) is 4.79 Å². The van der Waals surface area contributed by atoms with Crippen molar-refractivity contribution in [2.24, 2.45) is 0 Å². The molecule has 0 bridgehead atoms. The number of thioether (sulfide) groups is 1. The molecule has 0 aliphatic rings. The Bertz CT molecular complexity index is 264. The Morgan fingerprint density at radius 1 is 1.36 bits per heavy atom. The molecule has 0 fully saturated rings. The lowest BCUT2D eigenvalue weighted by molar-refractivity contribution is -0.159. The van der Waals surface area contributed by atoms with Crippen LogP contribution in [0.4, 0.5) is 0 Å². The maximum absolute atomic E-state index is 10.7. The molecular formula is C6H13B3O4S. The van der Waals surface area contributed by atoms with Crippen LogP contribution in [0.1, 0.15) is 0 Å². The van der Waals surface area contributed by atoms with Crippen molar-refractivity contribution in [3.63, 3.8) is 0 Å². The van der Waals surface area contributed by atoms with E-state index in [1.165, 1.54) is 19.6 Å². The molecule has 4 nitrogen and oxygen atoms in total. The highest BCUT2D eigenvalue weighted by molar-refractivity contribution is 8.01. The third-order valence-electron chi connectivity index (χ3n) is 2.43. The predicted octanol–water partition coefficient (Wildman–Crippen LogP) is -3.45. The summed E-state index contributed by atoms with van der Waals surface area (Å²) in [6, 6.07) is 0. The van der Waals surface area contributed by atoms with Gasteiger partial charge in [-0.25, -0.2) is 4.79 Å². The number of hydrogen-bond acceptors (Lipinski definition) is 4. The molecule has 0 amide bonds. The second-order valence-electron chi connectivity index (χ2n) is 3.49. The van der Waals surface area contributed by atoms with E-state index in [0.717, 1.165) is 7.85 Å². The van der Waals surface area contributed by atoms with Crippen LogP contribution >= 0.6 is 11.8 Å². The lowest BCUT2D eigenvalue weighted by atomic mass is 9.52. The highest BCUT2D eigenvalue weighted by Crippen LogP contribution is 2.24. The van der Waals surface area contributed by atoms with Gasteiger partial charge in [0.25, 0.3) is 0 Å². The molecule has 0 aromatic carbocycles. The van der Waals surface area contributed by atoms with Gasteiger partial charge in [-0.1, -0.05) is 5.47 Å². The van der Waals surface area contributed by atoms with Gasteiger partial charge in [-0.3, -0.25) is 0 Å². The monoisotopic (exact) mass is 214 g/mol. The fraction of sp³-hybridized carbons (Fsp3) is 0.500. The van der Waals surface area contributed by atoms with Crippen molar-refractivity contribution in [2.45, 2.75) is 11.0 Å². The molecule has 8 heteroatoms. The third-order valence-corrected chi connectivity index (χ3v) is 3.02. The summed E-state index contributed by atoms with van der Waals surface area (Å²) in [7, 11) is 3.93. The maximum Gasteiger partial charge on any atom is 0.328 e. The number of rotatable bonds is 4. The summed E-state index contributed by atoms with van der Waals surface area (Å²) in [5, 5.41) is 29.9. The van der Waals surface area contributed by atoms with Crippen LogP contribution < -0.4 is 0 Å². The van der Waals surface area contributed by atoms with Gasteiger partial charge in [0, 0.05) is 0 Å². The number of hydrogen-bond donors (Lipinski definition) is 3. The molecule has 3 N–H and O–H groups in total. The van der Waals surface area contributed by atoms with Crippen LogP contribution in [0.5, 0.6) is 0 Å². The second kappa shape index (κ2) is 4.46. The first kappa shape index (κ1) is 13.7. The molecule has 0 aliphatic carbocycles. The molecule has 0 radical (unpaired) electrons. The Morgan fingerprint density at radius 3 is 2.07 bits per heavy atom. The molecule has 2 atom stereocenters. The maximum atomic E-state index is 10.7. The normalized spacial score (nSPS) is 20.9. The standard InChI is InChI=1S/C6H13B3O4S/c1-14-2-3(7)5(8,12)6(9,13)4(10)11/h2,12-13H,7-9H2,1H3,(H,10,11)/b3-2-. The Balaban J connectivity index is 5.14. The third kappa shape index (κ3) is 2.37. The highest BCUT2D eigenvalue weighted by Gasteiger charge is 2.48. The van der Waals surface area contributed by atoms with Crippen LogP contribution in [-0.4, -0.2) is 62.1 Å². The van der Waals surface area contributed by atoms with Crippen molar-refractivity contribution < 1.29 is 20.1 Å². The van der Waals surface area contributed by atoms with E-state index < -0.39 is 17.0 Å². The SMILES string of the molecule is B/C(=C\SC)C(B)(O)C(B)(O)C(=O)O. The van der Waals surface area contributed by atoms with Crippen molar-refractivity contribution in [2.75, 3.05) is 6.26 Å². The average molecular weight is 214 g/mol. The zero-order chi connectivity index (χ0) is 11.6. The average Bonchev–Trinajstić information content (AvgIpc) is 2.04. The Labute approximate surface area is 90.0 Å². The van der Waals surface area contributed by atoms with Gasteiger partial charge in [0.1, 0.15) is 13.3 Å². The molecule has 14 heavy (non-hydrogen) atoms. The van der Waals surface area contributed by atoms with Gasteiger partial charge in [-0.15, -0.1) is 11.8 Å². The summed E-state index contributed by atoms with van der Waals surface area (Å²) in [4.78, 5) is 10.7.